The maximum Gasteiger partial charge on any atom is 0.266 e. The van der Waals surface area contributed by atoms with Crippen LogP contribution < -0.4 is 9.64 Å². The van der Waals surface area contributed by atoms with Crippen molar-refractivity contribution < 1.29 is 9.53 Å². The number of hydrogen-bond donors (Lipinski definition) is 0. The molecule has 0 atom stereocenters. The van der Waals surface area contributed by atoms with E-state index < -0.39 is 0 Å². The summed E-state index contributed by atoms with van der Waals surface area (Å²) in [6, 6.07) is 15.6. The van der Waals surface area contributed by atoms with Crippen LogP contribution in [0, 0.1) is 6.92 Å². The number of carbonyl (C=O) groups is 1. The van der Waals surface area contributed by atoms with Crippen LogP contribution >= 0.6 is 11.3 Å². The molecule has 3 aromatic rings. The number of anilines is 1. The minimum atomic E-state index is -0.0770. The Kier molecular flexibility index (Phi) is 7.01. The standard InChI is InChI=1S/C22H27N3O2S/c1-4-24(5-2)13-14-25(21(26)16-27-18-9-7-6-8-10-18)22-23-19-12-11-17(3)15-20(19)28-22/h6-12,15H,4-5,13-14,16H2,1-3H3. The fraction of sp³-hybridized carbons (Fsp3) is 0.364. The molecule has 0 N–H and O–H groups in total. The number of benzene rings is 2. The Bertz CT molecular complexity index is 907. The van der Waals surface area contributed by atoms with Gasteiger partial charge in [-0.3, -0.25) is 9.69 Å². The summed E-state index contributed by atoms with van der Waals surface area (Å²) in [5.74, 6) is 0.617. The number of amides is 1. The molecule has 3 rings (SSSR count). The highest BCUT2D eigenvalue weighted by atomic mass is 32.1. The molecule has 0 bridgehead atoms. The summed E-state index contributed by atoms with van der Waals surface area (Å²) in [5.41, 5.74) is 2.12. The summed E-state index contributed by atoms with van der Waals surface area (Å²) in [4.78, 5) is 21.8. The first-order valence-electron chi connectivity index (χ1n) is 9.68. The van der Waals surface area contributed by atoms with E-state index in [4.69, 9.17) is 9.72 Å². The molecule has 148 valence electrons. The Hall–Kier alpha value is -2.44. The smallest absolute Gasteiger partial charge is 0.266 e. The van der Waals surface area contributed by atoms with E-state index in [2.05, 4.69) is 31.7 Å². The maximum absolute atomic E-state index is 13.0. The summed E-state index contributed by atoms with van der Waals surface area (Å²) >= 11 is 1.56. The van der Waals surface area contributed by atoms with E-state index in [9.17, 15) is 4.79 Å². The van der Waals surface area contributed by atoms with Crippen LogP contribution in [0.5, 0.6) is 5.75 Å². The highest BCUT2D eigenvalue weighted by Gasteiger charge is 2.21. The van der Waals surface area contributed by atoms with Crippen molar-refractivity contribution in [2.24, 2.45) is 0 Å². The lowest BCUT2D eigenvalue weighted by Crippen LogP contribution is -2.41. The van der Waals surface area contributed by atoms with Gasteiger partial charge in [0.2, 0.25) is 0 Å². The molecule has 0 fully saturated rings. The fourth-order valence-electron chi connectivity index (χ4n) is 2.98. The molecule has 1 aromatic heterocycles. The normalized spacial score (nSPS) is 11.1. The van der Waals surface area contributed by atoms with Crippen molar-refractivity contribution in [1.82, 2.24) is 9.88 Å². The van der Waals surface area contributed by atoms with Gasteiger partial charge in [0.25, 0.3) is 5.91 Å². The van der Waals surface area contributed by atoms with Gasteiger partial charge in [0.15, 0.2) is 11.7 Å². The van der Waals surface area contributed by atoms with E-state index in [1.807, 2.05) is 42.5 Å². The number of fused-ring (bicyclic) bond motifs is 1. The van der Waals surface area contributed by atoms with E-state index in [1.165, 1.54) is 5.56 Å². The molecule has 28 heavy (non-hydrogen) atoms. The molecule has 0 saturated carbocycles. The summed E-state index contributed by atoms with van der Waals surface area (Å²) in [6.45, 7) is 9.64. The number of thiazole rings is 1. The quantitative estimate of drug-likeness (QED) is 0.538. The second-order valence-electron chi connectivity index (χ2n) is 6.64. The van der Waals surface area contributed by atoms with E-state index in [0.29, 0.717) is 12.3 Å². The molecule has 5 nitrogen and oxygen atoms in total. The molecular weight excluding hydrogens is 370 g/mol. The molecule has 2 aromatic carbocycles. The van der Waals surface area contributed by atoms with E-state index >= 15 is 0 Å². The maximum atomic E-state index is 13.0. The second kappa shape index (κ2) is 9.66. The molecule has 6 heteroatoms. The van der Waals surface area contributed by atoms with Crippen LogP contribution in [0.15, 0.2) is 48.5 Å². The van der Waals surface area contributed by atoms with Gasteiger partial charge in [-0.05, 0) is 49.8 Å². The van der Waals surface area contributed by atoms with Gasteiger partial charge in [-0.15, -0.1) is 0 Å². The number of para-hydroxylation sites is 1. The Morgan fingerprint density at radius 1 is 1.07 bits per heavy atom. The van der Waals surface area contributed by atoms with E-state index in [-0.39, 0.29) is 12.5 Å². The third kappa shape index (κ3) is 5.09. The zero-order valence-electron chi connectivity index (χ0n) is 16.7. The van der Waals surface area contributed by atoms with Gasteiger partial charge in [-0.25, -0.2) is 4.98 Å². The molecule has 1 heterocycles. The lowest BCUT2D eigenvalue weighted by molar-refractivity contribution is -0.120. The first kappa shape index (κ1) is 20.3. The van der Waals surface area contributed by atoms with Gasteiger partial charge >= 0.3 is 0 Å². The molecule has 0 aliphatic rings. The van der Waals surface area contributed by atoms with Crippen molar-refractivity contribution in [3.05, 3.63) is 54.1 Å². The molecule has 0 saturated heterocycles. The third-order valence-corrected chi connectivity index (χ3v) is 5.75. The van der Waals surface area contributed by atoms with Crippen molar-refractivity contribution >= 4 is 32.6 Å². The summed E-state index contributed by atoms with van der Waals surface area (Å²) in [6.07, 6.45) is 0. The van der Waals surface area contributed by atoms with Crippen LogP contribution in [0.25, 0.3) is 10.2 Å². The number of hydrogen-bond acceptors (Lipinski definition) is 5. The average Bonchev–Trinajstić information content (AvgIpc) is 3.13. The molecule has 0 aliphatic carbocycles. The first-order valence-corrected chi connectivity index (χ1v) is 10.5. The van der Waals surface area contributed by atoms with Crippen molar-refractivity contribution in [2.75, 3.05) is 37.7 Å². The van der Waals surface area contributed by atoms with E-state index in [1.54, 1.807) is 16.2 Å². The van der Waals surface area contributed by atoms with Crippen LogP contribution in [0.1, 0.15) is 19.4 Å². The number of nitrogens with zero attached hydrogens (tertiary/aromatic N) is 3. The zero-order chi connectivity index (χ0) is 19.9. The Labute approximate surface area is 170 Å². The summed E-state index contributed by atoms with van der Waals surface area (Å²) in [7, 11) is 0. The van der Waals surface area contributed by atoms with Gasteiger partial charge in [0.05, 0.1) is 10.2 Å². The zero-order valence-corrected chi connectivity index (χ0v) is 17.5. The van der Waals surface area contributed by atoms with Crippen molar-refractivity contribution in [3.63, 3.8) is 0 Å². The number of carbonyl (C=O) groups excluding carboxylic acids is 1. The van der Waals surface area contributed by atoms with E-state index in [0.717, 1.165) is 35.0 Å². The Balaban J connectivity index is 1.79. The first-order chi connectivity index (χ1) is 13.6. The van der Waals surface area contributed by atoms with Crippen molar-refractivity contribution in [3.8, 4) is 5.75 Å². The topological polar surface area (TPSA) is 45.7 Å². The summed E-state index contributed by atoms with van der Waals surface area (Å²) in [5, 5.41) is 0.731. The molecule has 0 unspecified atom stereocenters. The monoisotopic (exact) mass is 397 g/mol. The minimum Gasteiger partial charge on any atom is -0.484 e. The predicted octanol–water partition coefficient (Wildman–Crippen LogP) is 4.36. The fourth-order valence-corrected chi connectivity index (χ4v) is 4.09. The lowest BCUT2D eigenvalue weighted by atomic mass is 10.2. The van der Waals surface area contributed by atoms with Crippen LogP contribution in [0.3, 0.4) is 0 Å². The minimum absolute atomic E-state index is 0.00276. The van der Waals surface area contributed by atoms with Gasteiger partial charge in [0.1, 0.15) is 5.75 Å². The van der Waals surface area contributed by atoms with Gasteiger partial charge in [-0.2, -0.15) is 0 Å². The Morgan fingerprint density at radius 2 is 1.82 bits per heavy atom. The largest absolute Gasteiger partial charge is 0.484 e. The van der Waals surface area contributed by atoms with Crippen LogP contribution in [-0.2, 0) is 4.79 Å². The second-order valence-corrected chi connectivity index (χ2v) is 7.65. The number of likely N-dealkylation sites (N-methyl/N-ethyl adjacent to an activating group) is 1. The molecule has 0 spiro atoms. The summed E-state index contributed by atoms with van der Waals surface area (Å²) < 4.78 is 6.79. The van der Waals surface area contributed by atoms with Crippen LogP contribution in [0.2, 0.25) is 0 Å². The predicted molar refractivity (Wildman–Crippen MR) is 116 cm³/mol. The van der Waals surface area contributed by atoms with Crippen molar-refractivity contribution in [2.45, 2.75) is 20.8 Å². The SMILES string of the molecule is CCN(CC)CCN(C(=O)COc1ccccc1)c1nc2ccc(C)cc2s1. The molecule has 1 amide bonds. The van der Waals surface area contributed by atoms with Crippen LogP contribution in [-0.4, -0.2) is 48.6 Å². The van der Waals surface area contributed by atoms with Gasteiger partial charge in [0, 0.05) is 13.1 Å². The highest BCUT2D eigenvalue weighted by molar-refractivity contribution is 7.22. The third-order valence-electron chi connectivity index (χ3n) is 4.70. The number of rotatable bonds is 9. The number of aromatic nitrogens is 1. The van der Waals surface area contributed by atoms with Gasteiger partial charge in [-0.1, -0.05) is 49.4 Å². The molecular formula is C22H27N3O2S. The molecule has 0 radical (unpaired) electrons. The van der Waals surface area contributed by atoms with Crippen LogP contribution in [0.4, 0.5) is 5.13 Å². The van der Waals surface area contributed by atoms with Crippen molar-refractivity contribution in [1.29, 1.82) is 0 Å². The number of ether oxygens (including phenoxy) is 1. The molecule has 0 aliphatic heterocycles. The highest BCUT2D eigenvalue weighted by Crippen LogP contribution is 2.29. The van der Waals surface area contributed by atoms with Gasteiger partial charge < -0.3 is 9.64 Å². The average molecular weight is 398 g/mol. The lowest BCUT2D eigenvalue weighted by Gasteiger charge is -2.24. The number of aryl methyl sites for hydroxylation is 1. The Morgan fingerprint density at radius 3 is 2.54 bits per heavy atom.